The molecule has 1 saturated carbocycles. The van der Waals surface area contributed by atoms with E-state index >= 15 is 0 Å². The molecule has 0 radical (unpaired) electrons. The van der Waals surface area contributed by atoms with Crippen molar-refractivity contribution in [3.63, 3.8) is 0 Å². The molecule has 3 rings (SSSR count). The summed E-state index contributed by atoms with van der Waals surface area (Å²) in [6.45, 7) is 0. The van der Waals surface area contributed by atoms with E-state index in [1.807, 2.05) is 0 Å². The van der Waals surface area contributed by atoms with Crippen LogP contribution in [0.4, 0.5) is 18.0 Å². The van der Waals surface area contributed by atoms with Crippen molar-refractivity contribution in [3.05, 3.63) is 29.8 Å². The van der Waals surface area contributed by atoms with E-state index in [0.717, 1.165) is 43.2 Å². The molecule has 1 spiro atoms. The van der Waals surface area contributed by atoms with Crippen LogP contribution in [0.2, 0.25) is 0 Å². The highest BCUT2D eigenvalue weighted by Gasteiger charge is 2.52. The van der Waals surface area contributed by atoms with Crippen molar-refractivity contribution in [1.29, 1.82) is 0 Å². The highest BCUT2D eigenvalue weighted by atomic mass is 32.2. The predicted octanol–water partition coefficient (Wildman–Crippen LogP) is 3.08. The molecule has 1 aromatic rings. The lowest BCUT2D eigenvalue weighted by Gasteiger charge is -2.30. The molecule has 0 atom stereocenters. The molecule has 0 unspecified atom stereocenters. The third kappa shape index (κ3) is 4.20. The number of hydrogen-bond donors (Lipinski definition) is 2. The molecule has 0 aromatic heterocycles. The Bertz CT molecular complexity index is 763. The van der Waals surface area contributed by atoms with E-state index < -0.39 is 35.1 Å². The number of halogens is 3. The van der Waals surface area contributed by atoms with Gasteiger partial charge in [-0.15, -0.1) is 11.8 Å². The molecule has 2 N–H and O–H groups in total. The van der Waals surface area contributed by atoms with Crippen molar-refractivity contribution in [3.8, 4) is 0 Å². The molecule has 1 aromatic carbocycles. The fourth-order valence-corrected chi connectivity index (χ4v) is 4.03. The summed E-state index contributed by atoms with van der Waals surface area (Å²) >= 11 is 0.890. The van der Waals surface area contributed by atoms with Gasteiger partial charge in [-0.2, -0.15) is 18.2 Å². The van der Waals surface area contributed by atoms with Crippen molar-refractivity contribution >= 4 is 29.6 Å². The minimum atomic E-state index is -4.47. The summed E-state index contributed by atoms with van der Waals surface area (Å²) in [5.74, 6) is -1.36. The third-order valence-corrected chi connectivity index (χ3v) is 5.63. The Hall–Kier alpha value is -2.23. The highest BCUT2D eigenvalue weighted by Crippen LogP contribution is 2.33. The summed E-state index contributed by atoms with van der Waals surface area (Å²) in [4.78, 5) is 37.0. The molecule has 10 heteroatoms. The summed E-state index contributed by atoms with van der Waals surface area (Å²) in [5, 5.41) is 3.34. The Labute approximate surface area is 157 Å². The minimum Gasteiger partial charge on any atom is -0.322 e. The molecule has 2 fully saturated rings. The van der Waals surface area contributed by atoms with Gasteiger partial charge in [0.05, 0.1) is 11.3 Å². The summed E-state index contributed by atoms with van der Waals surface area (Å²) in [5.41, 5.74) is 0.503. The molecule has 1 saturated heterocycles. The number of hydrogen-bond acceptors (Lipinski definition) is 4. The van der Waals surface area contributed by atoms with Gasteiger partial charge < -0.3 is 5.32 Å². The standard InChI is InChI=1S/C17H18F3N3O3S/c18-17(19,20)11-5-4-6-12(9-11)27-10-13(24)22-23-14(25)16(21-15(23)26)7-2-1-3-8-16/h4-6,9H,1-3,7-8,10H2,(H,21,26)(H,22,24). The monoisotopic (exact) mass is 401 g/mol. The molecule has 6 nitrogen and oxygen atoms in total. The van der Waals surface area contributed by atoms with Crippen LogP contribution in [0.15, 0.2) is 29.2 Å². The number of nitrogens with one attached hydrogen (secondary N) is 2. The Morgan fingerprint density at radius 1 is 1.22 bits per heavy atom. The van der Waals surface area contributed by atoms with Gasteiger partial charge in [0.2, 0.25) is 5.91 Å². The van der Waals surface area contributed by atoms with Crippen molar-refractivity contribution in [2.24, 2.45) is 0 Å². The van der Waals surface area contributed by atoms with Crippen molar-refractivity contribution < 1.29 is 27.6 Å². The Morgan fingerprint density at radius 3 is 2.59 bits per heavy atom. The molecule has 2 aliphatic rings. The van der Waals surface area contributed by atoms with E-state index in [9.17, 15) is 27.6 Å². The number of urea groups is 1. The first kappa shape index (κ1) is 19.5. The number of rotatable bonds is 4. The number of carbonyl (C=O) groups is 3. The van der Waals surface area contributed by atoms with Crippen LogP contribution in [0.3, 0.4) is 0 Å². The van der Waals surface area contributed by atoms with Gasteiger partial charge in [0.15, 0.2) is 0 Å². The van der Waals surface area contributed by atoms with Gasteiger partial charge in [-0.1, -0.05) is 25.3 Å². The van der Waals surface area contributed by atoms with E-state index in [1.54, 1.807) is 0 Å². The molecular weight excluding hydrogens is 383 g/mol. The largest absolute Gasteiger partial charge is 0.416 e. The van der Waals surface area contributed by atoms with E-state index in [1.165, 1.54) is 12.1 Å². The van der Waals surface area contributed by atoms with Gasteiger partial charge in [0.25, 0.3) is 5.91 Å². The lowest BCUT2D eigenvalue weighted by atomic mass is 9.82. The van der Waals surface area contributed by atoms with E-state index in [2.05, 4.69) is 10.7 Å². The summed E-state index contributed by atoms with van der Waals surface area (Å²) in [6, 6.07) is 3.92. The van der Waals surface area contributed by atoms with Gasteiger partial charge in [0, 0.05) is 4.90 Å². The smallest absolute Gasteiger partial charge is 0.322 e. The van der Waals surface area contributed by atoms with Crippen LogP contribution in [0.25, 0.3) is 0 Å². The van der Waals surface area contributed by atoms with Crippen molar-refractivity contribution in [2.75, 3.05) is 5.75 Å². The summed E-state index contributed by atoms with van der Waals surface area (Å²) in [7, 11) is 0. The number of benzene rings is 1. The molecule has 27 heavy (non-hydrogen) atoms. The lowest BCUT2D eigenvalue weighted by Crippen LogP contribution is -2.51. The third-order valence-electron chi connectivity index (χ3n) is 4.64. The normalized spacial score (nSPS) is 19.3. The van der Waals surface area contributed by atoms with Gasteiger partial charge >= 0.3 is 12.2 Å². The van der Waals surface area contributed by atoms with E-state index in [-0.39, 0.29) is 10.6 Å². The first-order valence-corrected chi connectivity index (χ1v) is 9.46. The zero-order valence-electron chi connectivity index (χ0n) is 14.3. The number of alkyl halides is 3. The summed E-state index contributed by atoms with van der Waals surface area (Å²) < 4.78 is 38.2. The van der Waals surface area contributed by atoms with Crippen LogP contribution in [-0.2, 0) is 15.8 Å². The fourth-order valence-electron chi connectivity index (χ4n) is 3.28. The van der Waals surface area contributed by atoms with Crippen LogP contribution in [0, 0.1) is 0 Å². The number of carbonyl (C=O) groups excluding carboxylic acids is 3. The average molecular weight is 401 g/mol. The van der Waals surface area contributed by atoms with Crippen LogP contribution < -0.4 is 10.7 Å². The minimum absolute atomic E-state index is 0.231. The number of amides is 4. The predicted molar refractivity (Wildman–Crippen MR) is 91.5 cm³/mol. The second-order valence-corrected chi connectivity index (χ2v) is 7.61. The number of thioether (sulfide) groups is 1. The van der Waals surface area contributed by atoms with Gasteiger partial charge in [-0.05, 0) is 31.0 Å². The van der Waals surface area contributed by atoms with Crippen molar-refractivity contribution in [1.82, 2.24) is 15.8 Å². The summed E-state index contributed by atoms with van der Waals surface area (Å²) in [6.07, 6.45) is -0.775. The second-order valence-electron chi connectivity index (χ2n) is 6.56. The van der Waals surface area contributed by atoms with Crippen LogP contribution in [0.5, 0.6) is 0 Å². The van der Waals surface area contributed by atoms with Gasteiger partial charge in [-0.25, -0.2) is 4.79 Å². The molecule has 0 bridgehead atoms. The number of hydrazine groups is 1. The van der Waals surface area contributed by atoms with E-state index in [0.29, 0.717) is 17.9 Å². The van der Waals surface area contributed by atoms with Gasteiger partial charge in [-0.3, -0.25) is 15.0 Å². The number of imide groups is 1. The van der Waals surface area contributed by atoms with Crippen LogP contribution in [-0.4, -0.2) is 34.1 Å². The fraction of sp³-hybridized carbons (Fsp3) is 0.471. The maximum Gasteiger partial charge on any atom is 0.416 e. The maximum atomic E-state index is 12.7. The molecular formula is C17H18F3N3O3S. The topological polar surface area (TPSA) is 78.5 Å². The second kappa shape index (κ2) is 7.41. The Balaban J connectivity index is 1.58. The molecule has 4 amide bonds. The molecule has 1 heterocycles. The van der Waals surface area contributed by atoms with Crippen LogP contribution >= 0.6 is 11.8 Å². The zero-order chi connectivity index (χ0) is 19.7. The average Bonchev–Trinajstić information content (AvgIpc) is 2.84. The van der Waals surface area contributed by atoms with Crippen molar-refractivity contribution in [2.45, 2.75) is 48.7 Å². The SMILES string of the molecule is O=C(CSc1cccc(C(F)(F)F)c1)NN1C(=O)NC2(CCCCC2)C1=O. The van der Waals surface area contributed by atoms with E-state index in [4.69, 9.17) is 0 Å². The number of nitrogens with zero attached hydrogens (tertiary/aromatic N) is 1. The highest BCUT2D eigenvalue weighted by molar-refractivity contribution is 8.00. The molecule has 1 aliphatic heterocycles. The first-order chi connectivity index (χ1) is 12.7. The molecule has 1 aliphatic carbocycles. The lowest BCUT2D eigenvalue weighted by molar-refractivity contribution is -0.139. The maximum absolute atomic E-state index is 12.7. The quantitative estimate of drug-likeness (QED) is 0.600. The first-order valence-electron chi connectivity index (χ1n) is 8.47. The van der Waals surface area contributed by atoms with Crippen LogP contribution in [0.1, 0.15) is 37.7 Å². The Kier molecular flexibility index (Phi) is 5.36. The Morgan fingerprint density at radius 2 is 1.93 bits per heavy atom. The molecule has 146 valence electrons. The zero-order valence-corrected chi connectivity index (χ0v) is 15.1. The van der Waals surface area contributed by atoms with Gasteiger partial charge in [0.1, 0.15) is 5.54 Å².